The Labute approximate surface area is 157 Å². The number of benzene rings is 3. The molecular weight excluding hydrogens is 339 g/mol. The summed E-state index contributed by atoms with van der Waals surface area (Å²) in [6.45, 7) is 0. The number of halogens is 1. The van der Waals surface area contributed by atoms with E-state index in [1.807, 2.05) is 36.4 Å². The zero-order valence-electron chi connectivity index (χ0n) is 14.5. The molecule has 0 radical (unpaired) electrons. The van der Waals surface area contributed by atoms with Crippen molar-refractivity contribution in [2.45, 2.75) is 6.42 Å². The van der Waals surface area contributed by atoms with Crippen molar-refractivity contribution < 1.29 is 9.18 Å². The molecule has 3 aromatic rings. The number of hydrogen-bond donors (Lipinski definition) is 1. The van der Waals surface area contributed by atoms with Crippen molar-refractivity contribution in [3.63, 3.8) is 0 Å². The first kappa shape index (κ1) is 18.1. The number of amides is 1. The zero-order chi connectivity index (χ0) is 19.1. The quantitative estimate of drug-likeness (QED) is 0.519. The van der Waals surface area contributed by atoms with Gasteiger partial charge in [-0.15, -0.1) is 0 Å². The second-order valence-corrected chi connectivity index (χ2v) is 6.00. The number of nitrogens with zero attached hydrogens (tertiary/aromatic N) is 1. The van der Waals surface area contributed by atoms with Gasteiger partial charge in [-0.2, -0.15) is 5.26 Å². The number of carbonyl (C=O) groups excluding carboxylic acids is 1. The van der Waals surface area contributed by atoms with E-state index in [9.17, 15) is 14.4 Å². The van der Waals surface area contributed by atoms with Crippen LogP contribution in [-0.4, -0.2) is 5.91 Å². The van der Waals surface area contributed by atoms with E-state index >= 15 is 0 Å². The van der Waals surface area contributed by atoms with Crippen LogP contribution in [0.1, 0.15) is 16.7 Å². The fourth-order valence-electron chi connectivity index (χ4n) is 2.63. The summed E-state index contributed by atoms with van der Waals surface area (Å²) in [6.07, 6.45) is 2.02. The van der Waals surface area contributed by atoms with E-state index in [1.54, 1.807) is 42.5 Å². The molecule has 0 aliphatic rings. The summed E-state index contributed by atoms with van der Waals surface area (Å²) in [4.78, 5) is 12.3. The molecule has 0 spiro atoms. The highest BCUT2D eigenvalue weighted by Gasteiger charge is 2.09. The van der Waals surface area contributed by atoms with Gasteiger partial charge >= 0.3 is 0 Å². The Bertz CT molecular complexity index is 1000. The van der Waals surface area contributed by atoms with Crippen LogP contribution in [0, 0.1) is 17.1 Å². The molecule has 0 bridgehead atoms. The lowest BCUT2D eigenvalue weighted by molar-refractivity contribution is -0.112. The molecule has 0 aliphatic heterocycles. The zero-order valence-corrected chi connectivity index (χ0v) is 14.5. The van der Waals surface area contributed by atoms with E-state index in [-0.39, 0.29) is 11.4 Å². The van der Waals surface area contributed by atoms with Gasteiger partial charge in [-0.3, -0.25) is 4.79 Å². The minimum Gasteiger partial charge on any atom is -0.321 e. The summed E-state index contributed by atoms with van der Waals surface area (Å²) in [7, 11) is 0. The van der Waals surface area contributed by atoms with Crippen LogP contribution in [0.2, 0.25) is 0 Å². The van der Waals surface area contributed by atoms with Gasteiger partial charge < -0.3 is 5.32 Å². The summed E-state index contributed by atoms with van der Waals surface area (Å²) in [5, 5.41) is 12.0. The maximum Gasteiger partial charge on any atom is 0.266 e. The normalized spacial score (nSPS) is 10.9. The number of nitriles is 1. The molecule has 0 aromatic heterocycles. The smallest absolute Gasteiger partial charge is 0.266 e. The predicted octanol–water partition coefficient (Wildman–Crippen LogP) is 4.96. The van der Waals surface area contributed by atoms with Gasteiger partial charge in [0.05, 0.1) is 0 Å². The van der Waals surface area contributed by atoms with Crippen LogP contribution in [0.5, 0.6) is 0 Å². The molecule has 0 saturated heterocycles. The van der Waals surface area contributed by atoms with Crippen molar-refractivity contribution in [2.75, 3.05) is 5.32 Å². The number of rotatable bonds is 5. The number of carbonyl (C=O) groups is 1. The van der Waals surface area contributed by atoms with Crippen molar-refractivity contribution in [3.8, 4) is 6.07 Å². The van der Waals surface area contributed by atoms with Gasteiger partial charge in [0, 0.05) is 12.1 Å². The van der Waals surface area contributed by atoms with E-state index in [0.717, 1.165) is 11.1 Å². The fraction of sp³-hybridized carbons (Fsp3) is 0.0435. The van der Waals surface area contributed by atoms with Crippen molar-refractivity contribution in [3.05, 3.63) is 107 Å². The first-order chi connectivity index (χ1) is 13.2. The van der Waals surface area contributed by atoms with Crippen molar-refractivity contribution in [1.29, 1.82) is 5.26 Å². The van der Waals surface area contributed by atoms with Crippen LogP contribution >= 0.6 is 0 Å². The Kier molecular flexibility index (Phi) is 5.76. The van der Waals surface area contributed by atoms with Crippen LogP contribution in [0.4, 0.5) is 10.1 Å². The maximum absolute atomic E-state index is 13.8. The topological polar surface area (TPSA) is 52.9 Å². The lowest BCUT2D eigenvalue weighted by Crippen LogP contribution is -2.13. The van der Waals surface area contributed by atoms with Gasteiger partial charge in [0.25, 0.3) is 5.91 Å². The Morgan fingerprint density at radius 2 is 1.63 bits per heavy atom. The Morgan fingerprint density at radius 1 is 0.963 bits per heavy atom. The standard InChI is InChI=1S/C23H17FN2O/c24-22-9-5-4-6-19(22)14-17-10-12-18(13-11-17)15-20(16-25)23(27)26-21-7-2-1-3-8-21/h1-13,15H,14H2,(H,26,27)/b20-15+. The molecule has 0 saturated carbocycles. The predicted molar refractivity (Wildman–Crippen MR) is 104 cm³/mol. The third-order valence-corrected chi connectivity index (χ3v) is 4.04. The van der Waals surface area contributed by atoms with E-state index in [0.29, 0.717) is 17.7 Å². The highest BCUT2D eigenvalue weighted by atomic mass is 19.1. The van der Waals surface area contributed by atoms with Gasteiger partial charge in [0.1, 0.15) is 17.5 Å². The Balaban J connectivity index is 1.72. The average Bonchev–Trinajstić information content (AvgIpc) is 2.70. The van der Waals surface area contributed by atoms with Gasteiger partial charge in [-0.25, -0.2) is 4.39 Å². The largest absolute Gasteiger partial charge is 0.321 e. The average molecular weight is 356 g/mol. The van der Waals surface area contributed by atoms with E-state index < -0.39 is 5.91 Å². The van der Waals surface area contributed by atoms with Gasteiger partial charge in [0.2, 0.25) is 0 Å². The first-order valence-corrected chi connectivity index (χ1v) is 8.46. The fourth-order valence-corrected chi connectivity index (χ4v) is 2.63. The van der Waals surface area contributed by atoms with Crippen LogP contribution in [0.15, 0.2) is 84.4 Å². The minimum atomic E-state index is -0.459. The van der Waals surface area contributed by atoms with Gasteiger partial charge in [-0.05, 0) is 41.0 Å². The number of nitrogens with one attached hydrogen (secondary N) is 1. The SMILES string of the molecule is N#C/C(=C\c1ccc(Cc2ccccc2F)cc1)C(=O)Nc1ccccc1. The van der Waals surface area contributed by atoms with Crippen molar-refractivity contribution >= 4 is 17.7 Å². The summed E-state index contributed by atoms with van der Waals surface area (Å²) in [5.41, 5.74) is 2.95. The highest BCUT2D eigenvalue weighted by Crippen LogP contribution is 2.16. The molecule has 0 aliphatic carbocycles. The second kappa shape index (κ2) is 8.59. The number of para-hydroxylation sites is 1. The van der Waals surface area contributed by atoms with Crippen LogP contribution in [0.25, 0.3) is 6.08 Å². The van der Waals surface area contributed by atoms with Crippen molar-refractivity contribution in [1.82, 2.24) is 0 Å². The molecule has 1 N–H and O–H groups in total. The molecule has 4 heteroatoms. The van der Waals surface area contributed by atoms with Crippen LogP contribution in [0.3, 0.4) is 0 Å². The van der Waals surface area contributed by atoms with E-state index in [2.05, 4.69) is 5.32 Å². The summed E-state index contributed by atoms with van der Waals surface area (Å²) < 4.78 is 13.8. The summed E-state index contributed by atoms with van der Waals surface area (Å²) >= 11 is 0. The molecule has 3 nitrogen and oxygen atoms in total. The minimum absolute atomic E-state index is 0.0145. The van der Waals surface area contributed by atoms with Gasteiger partial charge in [0.15, 0.2) is 0 Å². The van der Waals surface area contributed by atoms with Crippen LogP contribution < -0.4 is 5.32 Å². The first-order valence-electron chi connectivity index (χ1n) is 8.46. The molecule has 0 unspecified atom stereocenters. The molecule has 132 valence electrons. The number of hydrogen-bond acceptors (Lipinski definition) is 2. The summed E-state index contributed by atoms with van der Waals surface area (Å²) in [5.74, 6) is -0.690. The molecule has 3 rings (SSSR count). The molecule has 1 amide bonds. The Morgan fingerprint density at radius 3 is 2.30 bits per heavy atom. The lowest BCUT2D eigenvalue weighted by Gasteiger charge is -2.05. The maximum atomic E-state index is 13.8. The molecule has 27 heavy (non-hydrogen) atoms. The molecule has 3 aromatic carbocycles. The third kappa shape index (κ3) is 4.90. The van der Waals surface area contributed by atoms with E-state index in [4.69, 9.17) is 0 Å². The number of anilines is 1. The van der Waals surface area contributed by atoms with Crippen LogP contribution in [-0.2, 0) is 11.2 Å². The van der Waals surface area contributed by atoms with Crippen molar-refractivity contribution in [2.24, 2.45) is 0 Å². The van der Waals surface area contributed by atoms with E-state index in [1.165, 1.54) is 12.1 Å². The summed E-state index contributed by atoms with van der Waals surface area (Å²) in [6, 6.07) is 24.9. The third-order valence-electron chi connectivity index (χ3n) is 4.04. The molecule has 0 heterocycles. The lowest BCUT2D eigenvalue weighted by atomic mass is 10.0. The molecule has 0 fully saturated rings. The molecular formula is C23H17FN2O. The highest BCUT2D eigenvalue weighted by molar-refractivity contribution is 6.09. The Hall–Kier alpha value is -3.71. The second-order valence-electron chi connectivity index (χ2n) is 6.00. The molecule has 0 atom stereocenters. The monoisotopic (exact) mass is 356 g/mol. The van der Waals surface area contributed by atoms with Gasteiger partial charge in [-0.1, -0.05) is 60.7 Å².